The number of rotatable bonds is 11. The Labute approximate surface area is 477 Å². The van der Waals surface area contributed by atoms with Crippen LogP contribution in [-0.2, 0) is 55.8 Å². The molecular formula is C59H82F3N11O9. The van der Waals surface area contributed by atoms with E-state index >= 15 is 18.0 Å². The molecule has 20 nitrogen and oxygen atoms in total. The van der Waals surface area contributed by atoms with Crippen molar-refractivity contribution in [1.82, 2.24) is 45.3 Å². The van der Waals surface area contributed by atoms with Gasteiger partial charge >= 0.3 is 12.1 Å². The highest BCUT2D eigenvalue weighted by Gasteiger charge is 2.57. The van der Waals surface area contributed by atoms with Gasteiger partial charge < -0.3 is 48.3 Å². The van der Waals surface area contributed by atoms with E-state index in [1.165, 1.54) is 9.58 Å². The quantitative estimate of drug-likeness (QED) is 0.185. The summed E-state index contributed by atoms with van der Waals surface area (Å²) in [5.41, 5.74) is 5.74. The monoisotopic (exact) mass is 1150 g/mol. The maximum Gasteiger partial charge on any atom is 0.406 e. The normalized spacial score (nSPS) is 29.0. The summed E-state index contributed by atoms with van der Waals surface area (Å²) in [6.45, 7) is 16.3. The van der Waals surface area contributed by atoms with Gasteiger partial charge in [-0.3, -0.25) is 44.3 Å². The number of likely N-dealkylation sites (tertiary alicyclic amines) is 1. The van der Waals surface area contributed by atoms with Crippen LogP contribution in [0.25, 0.3) is 22.2 Å². The number of nitrogens with zero attached hydrogens (tertiary/aromatic N) is 8. The van der Waals surface area contributed by atoms with E-state index in [4.69, 9.17) is 28.7 Å². The third-order valence-electron chi connectivity index (χ3n) is 18.7. The first kappa shape index (κ1) is 57.3. The van der Waals surface area contributed by atoms with E-state index in [9.17, 15) is 14.4 Å². The molecule has 23 heteroatoms. The lowest BCUT2D eigenvalue weighted by Crippen LogP contribution is -2.73. The summed E-state index contributed by atoms with van der Waals surface area (Å²) in [5, 5.41) is 8.61. The molecule has 1 aliphatic carbocycles. The summed E-state index contributed by atoms with van der Waals surface area (Å²) in [6.07, 6.45) is -0.443. The predicted molar refractivity (Wildman–Crippen MR) is 299 cm³/mol. The summed E-state index contributed by atoms with van der Waals surface area (Å²) in [4.78, 5) is 73.4. The van der Waals surface area contributed by atoms with Gasteiger partial charge in [-0.25, -0.2) is 5.43 Å². The van der Waals surface area contributed by atoms with Crippen molar-refractivity contribution in [2.45, 2.75) is 140 Å². The number of methoxy groups -OCH3 is 1. The number of carbonyl (C=O) groups excluding carboxylic acids is 4. The number of amides is 3. The number of halogens is 3. The van der Waals surface area contributed by atoms with E-state index in [2.05, 4.69) is 35.7 Å². The fourth-order valence-corrected chi connectivity index (χ4v) is 14.2. The van der Waals surface area contributed by atoms with Crippen molar-refractivity contribution < 1.29 is 56.0 Å². The number of benzene rings is 1. The molecule has 7 saturated heterocycles. The number of piperazine rings is 1. The van der Waals surface area contributed by atoms with Gasteiger partial charge in [0.2, 0.25) is 11.8 Å². The van der Waals surface area contributed by atoms with Crippen molar-refractivity contribution in [3.05, 3.63) is 41.7 Å². The van der Waals surface area contributed by atoms with Crippen LogP contribution in [0.15, 0.2) is 30.5 Å². The first-order valence-corrected chi connectivity index (χ1v) is 29.9. The molecule has 1 aromatic carbocycles. The number of cyclic esters (lactones) is 1. The number of carbonyl (C=O) groups is 4. The van der Waals surface area contributed by atoms with Crippen LogP contribution in [0.3, 0.4) is 0 Å². The molecule has 448 valence electrons. The van der Waals surface area contributed by atoms with Gasteiger partial charge in [-0.2, -0.15) is 13.2 Å². The molecule has 9 aliphatic rings. The average molecular weight is 1150 g/mol. The zero-order valence-electron chi connectivity index (χ0n) is 48.3. The summed E-state index contributed by atoms with van der Waals surface area (Å²) in [5.74, 6) is -0.746. The van der Waals surface area contributed by atoms with Crippen LogP contribution in [0.2, 0.25) is 0 Å². The number of alkyl halides is 3. The molecule has 8 atom stereocenters. The number of fused-ring (bicyclic) bond motifs is 7. The average Bonchev–Trinajstić information content (AvgIpc) is 2.97. The second-order valence-corrected chi connectivity index (χ2v) is 25.8. The highest BCUT2D eigenvalue weighted by Crippen LogP contribution is 2.45. The second-order valence-electron chi connectivity index (χ2n) is 25.8. The van der Waals surface area contributed by atoms with E-state index in [1.54, 1.807) is 19.4 Å². The third-order valence-corrected chi connectivity index (χ3v) is 18.7. The Hall–Kier alpha value is -5.14. The molecule has 6 bridgehead atoms. The topological polar surface area (TPSA) is 198 Å². The lowest BCUT2D eigenvalue weighted by molar-refractivity contribution is -0.197. The van der Waals surface area contributed by atoms with Crippen LogP contribution in [0.1, 0.15) is 84.1 Å². The first-order valence-electron chi connectivity index (χ1n) is 29.9. The van der Waals surface area contributed by atoms with Gasteiger partial charge in [0.1, 0.15) is 30.3 Å². The number of hydrogen-bond acceptors (Lipinski definition) is 16. The summed E-state index contributed by atoms with van der Waals surface area (Å²) >= 11 is 0. The zero-order chi connectivity index (χ0) is 57.4. The standard InChI is InChI=1S/C59H82F3N11O9/c1-35(2)51(70-18-21-82-58(30-70)31-71(32-58)55(76)50-49(65-50)37-9-10-37)53(74)64-46-24-41-28-69(17-20-80-41)38-11-12-47-42(22-38)44(25-57(4,5)34-81-56(77)45-8-7-13-73(66-45)54(46)75)52(72(47)33-59(60,61)62)43-23-39(26-63-48(43)36(3)78-6)68-15-14-67-16-19-79-29-40(67)27-68/h11-12,22-23,26,35-37,40-41,45-46,49-51,65-66H,7-10,13-21,24-25,27-34H2,1-6H3,(H,64,74)/t36-,40-,41-,45-,46-,49+,50+,51-/m0/s1. The molecule has 2 aromatic heterocycles. The number of esters is 1. The largest absolute Gasteiger partial charge is 0.464 e. The highest BCUT2D eigenvalue weighted by molar-refractivity contribution is 5.95. The minimum absolute atomic E-state index is 0.0768. The second kappa shape index (κ2) is 22.7. The minimum Gasteiger partial charge on any atom is -0.464 e. The SMILES string of the molecule is CO[C@@H](C)c1ncc(N2CCN3CCOC[C@@H]3C2)cc1-c1c2c3cc(ccc3n1CC(F)(F)F)N1CCO[C@@H](C[C@H](NC(=O)[C@H](C(C)C)N3CCOC4(CN(C(=O)[C@@H]5N[C@@H]5C5CC5)C4)C3)C(=O)N3CCC[C@H](N3)C(=O)OCC(C)(C)C2)C1. The molecule has 3 amide bonds. The van der Waals surface area contributed by atoms with Gasteiger partial charge in [0.05, 0.1) is 93.7 Å². The van der Waals surface area contributed by atoms with Crippen molar-refractivity contribution in [1.29, 1.82) is 0 Å². The highest BCUT2D eigenvalue weighted by atomic mass is 19.4. The predicted octanol–water partition coefficient (Wildman–Crippen LogP) is 3.88. The van der Waals surface area contributed by atoms with Crippen molar-refractivity contribution in [2.75, 3.05) is 122 Å². The number of hydrazine groups is 1. The van der Waals surface area contributed by atoms with E-state index in [0.717, 1.165) is 37.3 Å². The Morgan fingerprint density at radius 3 is 2.51 bits per heavy atom. The Balaban J connectivity index is 0.872. The third kappa shape index (κ3) is 11.8. The summed E-state index contributed by atoms with van der Waals surface area (Å²) in [7, 11) is 1.57. The minimum atomic E-state index is -4.61. The number of hydrogen-bond donors (Lipinski definition) is 3. The van der Waals surface area contributed by atoms with Gasteiger partial charge in [-0.15, -0.1) is 0 Å². The van der Waals surface area contributed by atoms with Gasteiger partial charge in [-0.1, -0.05) is 27.7 Å². The van der Waals surface area contributed by atoms with Gasteiger partial charge in [0, 0.05) is 106 Å². The van der Waals surface area contributed by atoms with Gasteiger partial charge in [-0.05, 0) is 80.7 Å². The molecule has 1 spiro atoms. The van der Waals surface area contributed by atoms with Gasteiger partial charge in [0.25, 0.3) is 5.91 Å². The lowest BCUT2D eigenvalue weighted by atomic mass is 9.84. The van der Waals surface area contributed by atoms with Crippen LogP contribution in [0, 0.1) is 17.3 Å². The van der Waals surface area contributed by atoms with Crippen LogP contribution in [-0.4, -0.2) is 219 Å². The van der Waals surface area contributed by atoms with Crippen molar-refractivity contribution in [2.24, 2.45) is 17.3 Å². The molecule has 8 fully saturated rings. The molecule has 0 radical (unpaired) electrons. The zero-order valence-corrected chi connectivity index (χ0v) is 48.3. The number of aromatic nitrogens is 2. The fraction of sp³-hybridized carbons (Fsp3) is 0.712. The van der Waals surface area contributed by atoms with Crippen LogP contribution in [0.4, 0.5) is 24.5 Å². The smallest absolute Gasteiger partial charge is 0.406 e. The molecule has 82 heavy (non-hydrogen) atoms. The Kier molecular flexibility index (Phi) is 15.9. The number of ether oxygens (including phenoxy) is 5. The van der Waals surface area contributed by atoms with Gasteiger partial charge in [0.15, 0.2) is 0 Å². The molecule has 3 aromatic rings. The molecule has 1 saturated carbocycles. The lowest BCUT2D eigenvalue weighted by Gasteiger charge is -2.55. The van der Waals surface area contributed by atoms with Crippen LogP contribution >= 0.6 is 0 Å². The van der Waals surface area contributed by atoms with Crippen LogP contribution < -0.4 is 25.9 Å². The Morgan fingerprint density at radius 1 is 0.939 bits per heavy atom. The summed E-state index contributed by atoms with van der Waals surface area (Å²) in [6, 6.07) is 5.28. The first-order chi connectivity index (χ1) is 39.2. The van der Waals surface area contributed by atoms with Crippen molar-refractivity contribution >= 4 is 46.0 Å². The van der Waals surface area contributed by atoms with E-state index in [0.29, 0.717) is 124 Å². The Bertz CT molecular complexity index is 2900. The number of anilines is 2. The molecule has 3 N–H and O–H groups in total. The molecule has 10 heterocycles. The maximum absolute atomic E-state index is 15.3. The van der Waals surface area contributed by atoms with Crippen molar-refractivity contribution in [3.63, 3.8) is 0 Å². The van der Waals surface area contributed by atoms with E-state index in [-0.39, 0.29) is 68.5 Å². The molecular weight excluding hydrogens is 1060 g/mol. The van der Waals surface area contributed by atoms with Crippen molar-refractivity contribution in [3.8, 4) is 11.3 Å². The van der Waals surface area contributed by atoms with E-state index < -0.39 is 65.9 Å². The number of pyridine rings is 1. The molecule has 12 rings (SSSR count). The number of morpholine rings is 3. The Morgan fingerprint density at radius 2 is 1.74 bits per heavy atom. The maximum atomic E-state index is 15.3. The molecule has 0 unspecified atom stereocenters. The van der Waals surface area contributed by atoms with E-state index in [1.807, 2.05) is 57.7 Å². The molecule has 8 aliphatic heterocycles. The summed E-state index contributed by atoms with van der Waals surface area (Å²) < 4.78 is 77.9. The van der Waals surface area contributed by atoms with Crippen LogP contribution in [0.5, 0.6) is 0 Å². The fourth-order valence-electron chi connectivity index (χ4n) is 14.2. The number of nitrogens with one attached hydrogen (secondary N) is 3.